The van der Waals surface area contributed by atoms with Crippen molar-refractivity contribution in [3.8, 4) is 11.6 Å². The number of benzene rings is 1. The first-order valence-electron chi connectivity index (χ1n) is 17.7. The molecule has 2 aliphatic carbocycles. The van der Waals surface area contributed by atoms with Crippen LogP contribution in [0.1, 0.15) is 74.1 Å². The summed E-state index contributed by atoms with van der Waals surface area (Å²) >= 11 is 0. The molecule has 5 amide bonds. The average Bonchev–Trinajstić information content (AvgIpc) is 4.00. The lowest BCUT2D eigenvalue weighted by atomic mass is 9.85. The predicted octanol–water partition coefficient (Wildman–Crippen LogP) is 4.87. The van der Waals surface area contributed by atoms with Crippen molar-refractivity contribution >= 4 is 44.7 Å². The SMILES string of the molecule is C=CC1CC1N(C(=O)C1CC(Oc2nccc3cc(OC)ccc23)CN1C(=O)C(NC(=O)OC(C)(C)C)C(C)(C)C)C(=O)N(CC)S(=O)(=O)C1CC1. The minimum Gasteiger partial charge on any atom is -0.497 e. The maximum atomic E-state index is 14.8. The van der Waals surface area contributed by atoms with E-state index >= 15 is 0 Å². The number of aromatic nitrogens is 1. The first-order valence-corrected chi connectivity index (χ1v) is 19.2. The Kier molecular flexibility index (Phi) is 10.9. The highest BCUT2D eigenvalue weighted by Crippen LogP contribution is 2.41. The Morgan fingerprint density at radius 1 is 1.10 bits per heavy atom. The van der Waals surface area contributed by atoms with Crippen molar-refractivity contribution in [1.29, 1.82) is 0 Å². The van der Waals surface area contributed by atoms with E-state index in [1.807, 2.05) is 12.1 Å². The summed E-state index contributed by atoms with van der Waals surface area (Å²) in [6, 6.07) is 3.25. The molecule has 5 unspecified atom stereocenters. The van der Waals surface area contributed by atoms with Crippen LogP contribution in [0, 0.1) is 11.3 Å². The summed E-state index contributed by atoms with van der Waals surface area (Å²) in [7, 11) is -2.43. The molecule has 2 heterocycles. The lowest BCUT2D eigenvalue weighted by Crippen LogP contribution is -2.60. The number of methoxy groups -OCH3 is 1. The molecule has 1 aromatic heterocycles. The van der Waals surface area contributed by atoms with Crippen LogP contribution >= 0.6 is 0 Å². The summed E-state index contributed by atoms with van der Waals surface area (Å²) in [5.41, 5.74) is -1.68. The molecule has 1 aliphatic heterocycles. The van der Waals surface area contributed by atoms with Crippen LogP contribution in [0.25, 0.3) is 10.8 Å². The molecule has 1 saturated heterocycles. The predicted molar refractivity (Wildman–Crippen MR) is 194 cm³/mol. The van der Waals surface area contributed by atoms with Gasteiger partial charge in [-0.15, -0.1) is 6.58 Å². The Hall–Kier alpha value is -4.40. The fourth-order valence-corrected chi connectivity index (χ4v) is 8.27. The number of carbonyl (C=O) groups excluding carboxylic acids is 4. The summed E-state index contributed by atoms with van der Waals surface area (Å²) in [6.07, 6.45) is 2.92. The lowest BCUT2D eigenvalue weighted by molar-refractivity contribution is -0.145. The zero-order valence-electron chi connectivity index (χ0n) is 31.2. The Morgan fingerprint density at radius 3 is 2.35 bits per heavy atom. The molecule has 0 spiro atoms. The van der Waals surface area contributed by atoms with Gasteiger partial charge in [0.1, 0.15) is 29.5 Å². The number of pyridine rings is 1. The van der Waals surface area contributed by atoms with Crippen molar-refractivity contribution in [3.05, 3.63) is 43.1 Å². The zero-order valence-corrected chi connectivity index (χ0v) is 32.1. The van der Waals surface area contributed by atoms with Crippen LogP contribution in [0.2, 0.25) is 0 Å². The second kappa shape index (κ2) is 14.6. The third-order valence-electron chi connectivity index (χ3n) is 9.45. The van der Waals surface area contributed by atoms with E-state index in [-0.39, 0.29) is 31.3 Å². The van der Waals surface area contributed by atoms with Gasteiger partial charge in [0, 0.05) is 30.6 Å². The number of imide groups is 1. The van der Waals surface area contributed by atoms with E-state index in [0.717, 1.165) is 14.6 Å². The molecule has 14 nitrogen and oxygen atoms in total. The van der Waals surface area contributed by atoms with E-state index < -0.39 is 74.5 Å². The highest BCUT2D eigenvalue weighted by Gasteiger charge is 2.54. The first-order chi connectivity index (χ1) is 24.3. The van der Waals surface area contributed by atoms with Crippen molar-refractivity contribution in [2.45, 2.75) is 109 Å². The Labute approximate surface area is 305 Å². The number of alkyl carbamates (subject to hydrolysis) is 1. The smallest absolute Gasteiger partial charge is 0.408 e. The number of amides is 5. The van der Waals surface area contributed by atoms with Crippen molar-refractivity contribution in [1.82, 2.24) is 24.4 Å². The molecule has 1 aromatic carbocycles. The Bertz CT molecular complexity index is 1830. The van der Waals surface area contributed by atoms with Gasteiger partial charge in [0.25, 0.3) is 5.91 Å². The van der Waals surface area contributed by atoms with Crippen molar-refractivity contribution in [2.75, 3.05) is 20.2 Å². The summed E-state index contributed by atoms with van der Waals surface area (Å²) in [5, 5.41) is 3.52. The lowest BCUT2D eigenvalue weighted by Gasteiger charge is -2.37. The summed E-state index contributed by atoms with van der Waals surface area (Å²) in [6.45, 7) is 15.6. The summed E-state index contributed by atoms with van der Waals surface area (Å²) < 4.78 is 44.8. The number of sulfonamides is 1. The normalized spacial score (nSPS) is 22.3. The third kappa shape index (κ3) is 8.29. The van der Waals surface area contributed by atoms with Crippen molar-refractivity contribution in [2.24, 2.45) is 11.3 Å². The molecule has 1 N–H and O–H groups in total. The number of nitrogens with one attached hydrogen (secondary N) is 1. The molecule has 15 heteroatoms. The number of ether oxygens (including phenoxy) is 3. The molecular weight excluding hydrogens is 691 g/mol. The molecule has 0 bridgehead atoms. The van der Waals surface area contributed by atoms with Gasteiger partial charge in [-0.1, -0.05) is 26.8 Å². The topological polar surface area (TPSA) is 165 Å². The van der Waals surface area contributed by atoms with Crippen LogP contribution in [0.3, 0.4) is 0 Å². The molecule has 2 aromatic rings. The fraction of sp³-hybridized carbons (Fsp3) is 0.595. The van der Waals surface area contributed by atoms with Gasteiger partial charge in [0.05, 0.1) is 18.9 Å². The van der Waals surface area contributed by atoms with E-state index in [9.17, 15) is 27.6 Å². The number of carbonyl (C=O) groups is 4. The Morgan fingerprint density at radius 2 is 1.79 bits per heavy atom. The Balaban J connectivity index is 1.52. The van der Waals surface area contributed by atoms with E-state index in [1.54, 1.807) is 80.0 Å². The number of nitrogens with zero attached hydrogens (tertiary/aromatic N) is 4. The van der Waals surface area contributed by atoms with Gasteiger partial charge < -0.3 is 24.4 Å². The van der Waals surface area contributed by atoms with Gasteiger partial charge in [0.15, 0.2) is 0 Å². The number of rotatable bonds is 11. The van der Waals surface area contributed by atoms with E-state index in [2.05, 4.69) is 16.9 Å². The molecule has 5 atom stereocenters. The molecule has 0 radical (unpaired) electrons. The second-order valence-corrected chi connectivity index (χ2v) is 17.9. The first kappa shape index (κ1) is 38.8. The van der Waals surface area contributed by atoms with Crippen LogP contribution in [-0.4, -0.2) is 107 Å². The van der Waals surface area contributed by atoms with E-state index in [4.69, 9.17) is 14.2 Å². The highest BCUT2D eigenvalue weighted by atomic mass is 32.2. The maximum absolute atomic E-state index is 14.8. The molecule has 284 valence electrons. The van der Waals surface area contributed by atoms with Crippen LogP contribution < -0.4 is 14.8 Å². The fourth-order valence-electron chi connectivity index (χ4n) is 6.51. The second-order valence-electron chi connectivity index (χ2n) is 15.7. The summed E-state index contributed by atoms with van der Waals surface area (Å²) in [5.74, 6) is -0.630. The number of likely N-dealkylation sites (tertiary alicyclic amines) is 1. The van der Waals surface area contributed by atoms with Crippen LogP contribution in [0.15, 0.2) is 43.1 Å². The monoisotopic (exact) mass is 741 g/mol. The van der Waals surface area contributed by atoms with Crippen LogP contribution in [-0.2, 0) is 24.3 Å². The maximum Gasteiger partial charge on any atom is 0.408 e. The quantitative estimate of drug-likeness (QED) is 0.314. The molecular formula is C37H51N5O9S. The highest BCUT2D eigenvalue weighted by molar-refractivity contribution is 7.90. The molecule has 3 fully saturated rings. The van der Waals surface area contributed by atoms with Gasteiger partial charge in [-0.05, 0) is 87.9 Å². The largest absolute Gasteiger partial charge is 0.497 e. The molecule has 5 rings (SSSR count). The van der Waals surface area contributed by atoms with Gasteiger partial charge in [-0.25, -0.2) is 27.3 Å². The minimum atomic E-state index is -4.00. The van der Waals surface area contributed by atoms with Crippen molar-refractivity contribution in [3.63, 3.8) is 0 Å². The van der Waals surface area contributed by atoms with Gasteiger partial charge in [0.2, 0.25) is 21.8 Å². The summed E-state index contributed by atoms with van der Waals surface area (Å²) in [4.78, 5) is 63.4. The molecule has 2 saturated carbocycles. The zero-order chi connectivity index (χ0) is 38.3. The standard InChI is InChI=1S/C37H51N5O9S/c1-10-22-19-28(22)42(35(46)41(11-2)52(47,48)26-13-14-26)32(43)29-20-25(50-31-27-15-12-24(49-9)18-23(27)16-17-38-31)21-40(29)33(44)30(36(3,4)5)39-34(45)51-37(6,7)8/h10,12,15-18,22,25-26,28-30H,1,11,13-14,19-21H2,2-9H3,(H,39,45). The minimum absolute atomic E-state index is 0.0289. The molecule has 52 heavy (non-hydrogen) atoms. The number of urea groups is 1. The van der Waals surface area contributed by atoms with Gasteiger partial charge in [-0.2, -0.15) is 0 Å². The van der Waals surface area contributed by atoms with Crippen LogP contribution in [0.5, 0.6) is 11.6 Å². The van der Waals surface area contributed by atoms with E-state index in [0.29, 0.717) is 30.4 Å². The van der Waals surface area contributed by atoms with Crippen molar-refractivity contribution < 1.29 is 41.8 Å². The van der Waals surface area contributed by atoms with Crippen LogP contribution in [0.4, 0.5) is 9.59 Å². The van der Waals surface area contributed by atoms with Gasteiger partial charge in [-0.3, -0.25) is 14.5 Å². The number of hydrogen-bond acceptors (Lipinski definition) is 10. The number of hydrogen-bond donors (Lipinski definition) is 1. The number of fused-ring (bicyclic) bond motifs is 1. The third-order valence-corrected chi connectivity index (χ3v) is 11.8. The molecule has 3 aliphatic rings. The van der Waals surface area contributed by atoms with Gasteiger partial charge >= 0.3 is 12.1 Å². The van der Waals surface area contributed by atoms with E-state index in [1.165, 1.54) is 4.90 Å². The average molecular weight is 742 g/mol.